The quantitative estimate of drug-likeness (QED) is 0.928. The number of nitrogens with one attached hydrogen (secondary N) is 1. The first-order valence-electron chi connectivity index (χ1n) is 7.74. The summed E-state index contributed by atoms with van der Waals surface area (Å²) in [5.41, 5.74) is 2.98. The van der Waals surface area contributed by atoms with Crippen molar-refractivity contribution in [3.8, 4) is 11.3 Å². The summed E-state index contributed by atoms with van der Waals surface area (Å²) in [5.74, 6) is -0.0510. The van der Waals surface area contributed by atoms with Gasteiger partial charge in [0.05, 0.1) is 5.69 Å². The normalized spacial score (nSPS) is 14.9. The molecule has 0 spiro atoms. The number of hydrogen-bond acceptors (Lipinski definition) is 4. The third kappa shape index (κ3) is 3.30. The van der Waals surface area contributed by atoms with Crippen molar-refractivity contribution in [2.75, 3.05) is 23.3 Å². The summed E-state index contributed by atoms with van der Waals surface area (Å²) >= 11 is 1.78. The lowest BCUT2D eigenvalue weighted by Gasteiger charge is -2.25. The summed E-state index contributed by atoms with van der Waals surface area (Å²) in [4.78, 5) is 19.6. The van der Waals surface area contributed by atoms with E-state index in [-0.39, 0.29) is 5.91 Å². The Kier molecular flexibility index (Phi) is 4.43. The van der Waals surface area contributed by atoms with Gasteiger partial charge in [0.15, 0.2) is 5.13 Å². The first kappa shape index (κ1) is 15.0. The predicted molar refractivity (Wildman–Crippen MR) is 92.7 cm³/mol. The van der Waals surface area contributed by atoms with Gasteiger partial charge in [-0.1, -0.05) is 12.1 Å². The van der Waals surface area contributed by atoms with E-state index in [2.05, 4.69) is 17.1 Å². The van der Waals surface area contributed by atoms with Crippen LogP contribution in [0.25, 0.3) is 11.3 Å². The van der Waals surface area contributed by atoms with Crippen LogP contribution in [0.3, 0.4) is 0 Å². The van der Waals surface area contributed by atoms with E-state index in [1.807, 2.05) is 24.3 Å². The molecule has 1 saturated heterocycles. The van der Waals surface area contributed by atoms with Crippen molar-refractivity contribution >= 4 is 28.1 Å². The van der Waals surface area contributed by atoms with Crippen molar-refractivity contribution in [3.05, 3.63) is 29.1 Å². The third-order valence-electron chi connectivity index (χ3n) is 3.89. The highest BCUT2D eigenvalue weighted by atomic mass is 32.1. The Morgan fingerprint density at radius 3 is 2.50 bits per heavy atom. The second-order valence-electron chi connectivity index (χ2n) is 5.71. The SMILES string of the molecule is CC(=O)Nc1ccc(-c2nc(N3CCCCC3)sc2C)cc1. The van der Waals surface area contributed by atoms with E-state index in [1.165, 1.54) is 31.1 Å². The molecule has 1 aliphatic heterocycles. The molecule has 1 fully saturated rings. The molecule has 1 N–H and O–H groups in total. The van der Waals surface area contributed by atoms with E-state index in [0.717, 1.165) is 35.2 Å². The molecular formula is C17H21N3OS. The molecule has 5 heteroatoms. The van der Waals surface area contributed by atoms with Crippen LogP contribution in [0.5, 0.6) is 0 Å². The smallest absolute Gasteiger partial charge is 0.221 e. The van der Waals surface area contributed by atoms with Crippen LogP contribution in [-0.4, -0.2) is 24.0 Å². The van der Waals surface area contributed by atoms with Gasteiger partial charge >= 0.3 is 0 Å². The molecule has 4 nitrogen and oxygen atoms in total. The average molecular weight is 315 g/mol. The zero-order valence-electron chi connectivity index (χ0n) is 13.1. The number of aromatic nitrogens is 1. The fourth-order valence-corrected chi connectivity index (χ4v) is 3.77. The number of benzene rings is 1. The van der Waals surface area contributed by atoms with Crippen molar-refractivity contribution in [3.63, 3.8) is 0 Å². The molecule has 1 aromatic carbocycles. The number of amides is 1. The predicted octanol–water partition coefficient (Wildman–Crippen LogP) is 4.07. The zero-order valence-corrected chi connectivity index (χ0v) is 13.9. The maximum absolute atomic E-state index is 11.1. The number of anilines is 2. The standard InChI is InChI=1S/C17H21N3OS/c1-12-16(14-6-8-15(9-7-14)18-13(2)21)19-17(22-12)20-10-4-3-5-11-20/h6-9H,3-5,10-11H2,1-2H3,(H,18,21). The van der Waals surface area contributed by atoms with Gasteiger partial charge in [0, 0.05) is 36.1 Å². The molecule has 0 saturated carbocycles. The van der Waals surface area contributed by atoms with E-state index in [0.29, 0.717) is 0 Å². The van der Waals surface area contributed by atoms with E-state index < -0.39 is 0 Å². The first-order valence-corrected chi connectivity index (χ1v) is 8.55. The van der Waals surface area contributed by atoms with Gasteiger partial charge in [-0.2, -0.15) is 0 Å². The van der Waals surface area contributed by atoms with Crippen molar-refractivity contribution < 1.29 is 4.79 Å². The number of aryl methyl sites for hydroxylation is 1. The second kappa shape index (κ2) is 6.48. The van der Waals surface area contributed by atoms with Gasteiger partial charge < -0.3 is 10.2 Å². The number of hydrogen-bond donors (Lipinski definition) is 1. The van der Waals surface area contributed by atoms with Crippen LogP contribution in [0.4, 0.5) is 10.8 Å². The summed E-state index contributed by atoms with van der Waals surface area (Å²) in [5, 5.41) is 3.93. The molecule has 1 amide bonds. The van der Waals surface area contributed by atoms with Crippen LogP contribution in [0.1, 0.15) is 31.1 Å². The lowest BCUT2D eigenvalue weighted by molar-refractivity contribution is -0.114. The Labute approximate surface area is 135 Å². The minimum absolute atomic E-state index is 0.0510. The van der Waals surface area contributed by atoms with Gasteiger partial charge in [-0.15, -0.1) is 11.3 Å². The number of carbonyl (C=O) groups is 1. The highest BCUT2D eigenvalue weighted by Crippen LogP contribution is 2.34. The molecule has 0 bridgehead atoms. The van der Waals surface area contributed by atoms with Crippen molar-refractivity contribution in [2.45, 2.75) is 33.1 Å². The van der Waals surface area contributed by atoms with Crippen LogP contribution < -0.4 is 10.2 Å². The summed E-state index contributed by atoms with van der Waals surface area (Å²) < 4.78 is 0. The number of piperidine rings is 1. The Balaban J connectivity index is 1.82. The molecule has 2 aromatic rings. The minimum Gasteiger partial charge on any atom is -0.348 e. The minimum atomic E-state index is -0.0510. The summed E-state index contributed by atoms with van der Waals surface area (Å²) in [6, 6.07) is 7.90. The zero-order chi connectivity index (χ0) is 15.5. The van der Waals surface area contributed by atoms with Gasteiger partial charge in [0.2, 0.25) is 5.91 Å². The summed E-state index contributed by atoms with van der Waals surface area (Å²) in [6.07, 6.45) is 3.86. The topological polar surface area (TPSA) is 45.2 Å². The van der Waals surface area contributed by atoms with E-state index in [1.54, 1.807) is 11.3 Å². The van der Waals surface area contributed by atoms with Crippen LogP contribution in [0.15, 0.2) is 24.3 Å². The first-order chi connectivity index (χ1) is 10.6. The fourth-order valence-electron chi connectivity index (χ4n) is 2.79. The van der Waals surface area contributed by atoms with Gasteiger partial charge in [-0.25, -0.2) is 4.98 Å². The molecule has 0 radical (unpaired) electrons. The Bertz CT molecular complexity index is 657. The third-order valence-corrected chi connectivity index (χ3v) is 4.92. The van der Waals surface area contributed by atoms with E-state index in [9.17, 15) is 4.79 Å². The molecular weight excluding hydrogens is 294 g/mol. The van der Waals surface area contributed by atoms with Crippen LogP contribution in [0.2, 0.25) is 0 Å². The van der Waals surface area contributed by atoms with Gasteiger partial charge in [0.1, 0.15) is 0 Å². The van der Waals surface area contributed by atoms with Crippen LogP contribution in [0, 0.1) is 6.92 Å². The van der Waals surface area contributed by atoms with Gasteiger partial charge in [0.25, 0.3) is 0 Å². The number of thiazole rings is 1. The Morgan fingerprint density at radius 2 is 1.86 bits per heavy atom. The Morgan fingerprint density at radius 1 is 1.18 bits per heavy atom. The molecule has 1 aliphatic rings. The molecule has 3 rings (SSSR count). The maximum atomic E-state index is 11.1. The molecule has 0 unspecified atom stereocenters. The highest BCUT2D eigenvalue weighted by Gasteiger charge is 2.17. The van der Waals surface area contributed by atoms with Crippen molar-refractivity contribution in [1.82, 2.24) is 4.98 Å². The molecule has 0 atom stereocenters. The lowest BCUT2D eigenvalue weighted by atomic mass is 10.1. The van der Waals surface area contributed by atoms with Crippen molar-refractivity contribution in [1.29, 1.82) is 0 Å². The van der Waals surface area contributed by atoms with Gasteiger partial charge in [-0.3, -0.25) is 4.79 Å². The maximum Gasteiger partial charge on any atom is 0.221 e. The lowest BCUT2D eigenvalue weighted by Crippen LogP contribution is -2.29. The molecule has 2 heterocycles. The van der Waals surface area contributed by atoms with Crippen molar-refractivity contribution in [2.24, 2.45) is 0 Å². The second-order valence-corrected chi connectivity index (χ2v) is 6.89. The number of carbonyl (C=O) groups excluding carboxylic acids is 1. The largest absolute Gasteiger partial charge is 0.348 e. The average Bonchev–Trinajstić information content (AvgIpc) is 2.90. The summed E-state index contributed by atoms with van der Waals surface area (Å²) in [7, 11) is 0. The van der Waals surface area contributed by atoms with Crippen LogP contribution in [-0.2, 0) is 4.79 Å². The molecule has 0 aliphatic carbocycles. The van der Waals surface area contributed by atoms with Crippen LogP contribution >= 0.6 is 11.3 Å². The molecule has 22 heavy (non-hydrogen) atoms. The monoisotopic (exact) mass is 315 g/mol. The highest BCUT2D eigenvalue weighted by molar-refractivity contribution is 7.16. The number of nitrogens with zero attached hydrogens (tertiary/aromatic N) is 2. The van der Waals surface area contributed by atoms with Gasteiger partial charge in [-0.05, 0) is 38.3 Å². The summed E-state index contributed by atoms with van der Waals surface area (Å²) in [6.45, 7) is 5.88. The van der Waals surface area contributed by atoms with E-state index in [4.69, 9.17) is 4.98 Å². The Hall–Kier alpha value is -1.88. The molecule has 1 aromatic heterocycles. The van der Waals surface area contributed by atoms with E-state index >= 15 is 0 Å². The number of rotatable bonds is 3. The fraction of sp³-hybridized carbons (Fsp3) is 0.412. The molecule has 116 valence electrons.